The second-order valence-electron chi connectivity index (χ2n) is 3.06. The third-order valence-corrected chi connectivity index (χ3v) is 1.96. The van der Waals surface area contributed by atoms with Crippen LogP contribution in [0.1, 0.15) is 32.3 Å². The number of aromatic nitrogens is 1. The predicted molar refractivity (Wildman–Crippen MR) is 54.0 cm³/mol. The van der Waals surface area contributed by atoms with Gasteiger partial charge in [-0.15, -0.1) is 0 Å². The van der Waals surface area contributed by atoms with Crippen LogP contribution in [0, 0.1) is 0 Å². The minimum absolute atomic E-state index is 0.757. The molecule has 1 heterocycles. The van der Waals surface area contributed by atoms with Crippen LogP contribution in [0.5, 0.6) is 5.88 Å². The van der Waals surface area contributed by atoms with Crippen LogP contribution in [0.2, 0.25) is 0 Å². The van der Waals surface area contributed by atoms with Gasteiger partial charge in [-0.3, -0.25) is 0 Å². The van der Waals surface area contributed by atoms with E-state index in [9.17, 15) is 0 Å². The van der Waals surface area contributed by atoms with Gasteiger partial charge in [-0.1, -0.05) is 20.3 Å². The molecule has 0 radical (unpaired) electrons. The van der Waals surface area contributed by atoms with E-state index in [1.165, 1.54) is 5.56 Å². The molecule has 2 nitrogen and oxygen atoms in total. The van der Waals surface area contributed by atoms with Crippen LogP contribution in [0.3, 0.4) is 0 Å². The van der Waals surface area contributed by atoms with Gasteiger partial charge in [-0.25, -0.2) is 4.98 Å². The topological polar surface area (TPSA) is 22.1 Å². The highest BCUT2D eigenvalue weighted by molar-refractivity contribution is 5.20. The molecule has 0 aliphatic heterocycles. The smallest absolute Gasteiger partial charge is 0.213 e. The Kier molecular flexibility index (Phi) is 4.30. The lowest BCUT2D eigenvalue weighted by Gasteiger charge is -2.04. The van der Waals surface area contributed by atoms with E-state index in [0.717, 1.165) is 31.7 Å². The van der Waals surface area contributed by atoms with E-state index in [0.29, 0.717) is 0 Å². The fourth-order valence-corrected chi connectivity index (χ4v) is 1.07. The third kappa shape index (κ3) is 3.45. The lowest BCUT2D eigenvalue weighted by Crippen LogP contribution is -1.98. The first-order chi connectivity index (χ1) is 6.36. The maximum absolute atomic E-state index is 5.48. The molecule has 0 aromatic carbocycles. The number of hydrogen-bond acceptors (Lipinski definition) is 2. The van der Waals surface area contributed by atoms with Gasteiger partial charge < -0.3 is 4.74 Å². The van der Waals surface area contributed by atoms with Crippen LogP contribution in [0.25, 0.3) is 0 Å². The number of ether oxygens (including phenoxy) is 1. The van der Waals surface area contributed by atoms with Crippen LogP contribution in [0.4, 0.5) is 0 Å². The number of hydrogen-bond donors (Lipinski definition) is 0. The number of aryl methyl sites for hydroxylation is 1. The van der Waals surface area contributed by atoms with Crippen molar-refractivity contribution in [3.05, 3.63) is 23.9 Å². The van der Waals surface area contributed by atoms with Crippen molar-refractivity contribution in [3.63, 3.8) is 0 Å². The van der Waals surface area contributed by atoms with E-state index in [-0.39, 0.29) is 0 Å². The quantitative estimate of drug-likeness (QED) is 0.648. The van der Waals surface area contributed by atoms with Gasteiger partial charge in [0.05, 0.1) is 6.61 Å². The average Bonchev–Trinajstić information content (AvgIpc) is 2.19. The minimum Gasteiger partial charge on any atom is -0.478 e. The Balaban J connectivity index is 2.46. The molecular weight excluding hydrogens is 162 g/mol. The van der Waals surface area contributed by atoms with Crippen molar-refractivity contribution >= 4 is 0 Å². The molecule has 1 rings (SSSR count). The van der Waals surface area contributed by atoms with Crippen molar-refractivity contribution in [2.24, 2.45) is 0 Å². The van der Waals surface area contributed by atoms with Crippen molar-refractivity contribution in [2.75, 3.05) is 6.61 Å². The summed E-state index contributed by atoms with van der Waals surface area (Å²) < 4.78 is 5.48. The van der Waals surface area contributed by atoms with Crippen molar-refractivity contribution < 1.29 is 4.74 Å². The summed E-state index contributed by atoms with van der Waals surface area (Å²) in [7, 11) is 0. The molecule has 0 unspecified atom stereocenters. The van der Waals surface area contributed by atoms with Gasteiger partial charge in [-0.05, 0) is 24.5 Å². The maximum Gasteiger partial charge on any atom is 0.213 e. The van der Waals surface area contributed by atoms with E-state index in [1.54, 1.807) is 6.20 Å². The van der Waals surface area contributed by atoms with E-state index in [4.69, 9.17) is 4.74 Å². The molecule has 0 aliphatic carbocycles. The molecule has 0 spiro atoms. The van der Waals surface area contributed by atoms with Gasteiger partial charge in [0, 0.05) is 12.3 Å². The zero-order valence-corrected chi connectivity index (χ0v) is 8.42. The monoisotopic (exact) mass is 179 g/mol. The highest BCUT2D eigenvalue weighted by atomic mass is 16.5. The van der Waals surface area contributed by atoms with Crippen molar-refractivity contribution in [1.29, 1.82) is 0 Å². The molecule has 0 saturated heterocycles. The molecule has 0 saturated carbocycles. The molecule has 0 amide bonds. The molecule has 1 aromatic rings. The summed E-state index contributed by atoms with van der Waals surface area (Å²) in [6, 6.07) is 4.03. The number of rotatable bonds is 5. The second kappa shape index (κ2) is 5.57. The Morgan fingerprint density at radius 2 is 2.23 bits per heavy atom. The summed E-state index contributed by atoms with van der Waals surface area (Å²) in [5.74, 6) is 0.757. The van der Waals surface area contributed by atoms with Gasteiger partial charge in [0.2, 0.25) is 5.88 Å². The van der Waals surface area contributed by atoms with Crippen LogP contribution in [0.15, 0.2) is 18.3 Å². The number of unbranched alkanes of at least 4 members (excludes halogenated alkanes) is 1. The lowest BCUT2D eigenvalue weighted by atomic mass is 10.2. The van der Waals surface area contributed by atoms with Crippen LogP contribution >= 0.6 is 0 Å². The van der Waals surface area contributed by atoms with Crippen LogP contribution in [-0.4, -0.2) is 11.6 Å². The van der Waals surface area contributed by atoms with Gasteiger partial charge in [0.15, 0.2) is 0 Å². The van der Waals surface area contributed by atoms with E-state index in [2.05, 4.69) is 18.8 Å². The average molecular weight is 179 g/mol. The molecule has 0 aliphatic rings. The molecule has 0 bridgehead atoms. The van der Waals surface area contributed by atoms with E-state index >= 15 is 0 Å². The highest BCUT2D eigenvalue weighted by Gasteiger charge is 1.95. The Labute approximate surface area is 80.0 Å². The summed E-state index contributed by atoms with van der Waals surface area (Å²) in [6.07, 6.45) is 5.10. The van der Waals surface area contributed by atoms with E-state index < -0.39 is 0 Å². The number of nitrogens with zero attached hydrogens (tertiary/aromatic N) is 1. The SMILES string of the molecule is CCCCOc1cc(CC)ccn1. The lowest BCUT2D eigenvalue weighted by molar-refractivity contribution is 0.297. The first-order valence-corrected chi connectivity index (χ1v) is 4.94. The largest absolute Gasteiger partial charge is 0.478 e. The molecule has 13 heavy (non-hydrogen) atoms. The molecule has 2 heteroatoms. The van der Waals surface area contributed by atoms with Gasteiger partial charge in [-0.2, -0.15) is 0 Å². The van der Waals surface area contributed by atoms with Gasteiger partial charge in [0.1, 0.15) is 0 Å². The molecule has 0 atom stereocenters. The molecule has 72 valence electrons. The zero-order valence-electron chi connectivity index (χ0n) is 8.42. The summed E-state index contributed by atoms with van der Waals surface area (Å²) in [5, 5.41) is 0. The van der Waals surface area contributed by atoms with Crippen molar-refractivity contribution in [2.45, 2.75) is 33.1 Å². The summed E-state index contributed by atoms with van der Waals surface area (Å²) >= 11 is 0. The van der Waals surface area contributed by atoms with Crippen LogP contribution < -0.4 is 4.74 Å². The third-order valence-electron chi connectivity index (χ3n) is 1.96. The minimum atomic E-state index is 0.757. The molecule has 0 N–H and O–H groups in total. The molecular formula is C11H17NO. The van der Waals surface area contributed by atoms with Gasteiger partial charge >= 0.3 is 0 Å². The van der Waals surface area contributed by atoms with Crippen LogP contribution in [-0.2, 0) is 6.42 Å². The second-order valence-corrected chi connectivity index (χ2v) is 3.06. The summed E-state index contributed by atoms with van der Waals surface area (Å²) in [5.41, 5.74) is 1.28. The summed E-state index contributed by atoms with van der Waals surface area (Å²) in [4.78, 5) is 4.14. The summed E-state index contributed by atoms with van der Waals surface area (Å²) in [6.45, 7) is 5.06. The Hall–Kier alpha value is -1.05. The Morgan fingerprint density at radius 1 is 1.38 bits per heavy atom. The Bertz CT molecular complexity index is 248. The normalized spacial score (nSPS) is 10.0. The molecule has 1 aromatic heterocycles. The fourth-order valence-electron chi connectivity index (χ4n) is 1.07. The van der Waals surface area contributed by atoms with E-state index in [1.807, 2.05) is 12.1 Å². The van der Waals surface area contributed by atoms with Gasteiger partial charge in [0.25, 0.3) is 0 Å². The standard InChI is InChI=1S/C11H17NO/c1-3-5-8-13-11-9-10(4-2)6-7-12-11/h6-7,9H,3-5,8H2,1-2H3. The van der Waals surface area contributed by atoms with Crippen molar-refractivity contribution in [1.82, 2.24) is 4.98 Å². The predicted octanol–water partition coefficient (Wildman–Crippen LogP) is 2.82. The number of pyridine rings is 1. The highest BCUT2D eigenvalue weighted by Crippen LogP contribution is 2.09. The van der Waals surface area contributed by atoms with Crippen molar-refractivity contribution in [3.8, 4) is 5.88 Å². The zero-order chi connectivity index (χ0) is 9.52. The maximum atomic E-state index is 5.48. The fraction of sp³-hybridized carbons (Fsp3) is 0.545. The first kappa shape index (κ1) is 10.0. The molecule has 0 fully saturated rings. The first-order valence-electron chi connectivity index (χ1n) is 4.94. The Morgan fingerprint density at radius 3 is 2.92 bits per heavy atom.